The first-order chi connectivity index (χ1) is 10.5. The number of hydrogen-bond donors (Lipinski definition) is 1. The molecule has 22 heavy (non-hydrogen) atoms. The summed E-state index contributed by atoms with van der Waals surface area (Å²) < 4.78 is 15.5. The lowest BCUT2D eigenvalue weighted by molar-refractivity contribution is 0.392. The van der Waals surface area contributed by atoms with E-state index >= 15 is 0 Å². The molecule has 0 radical (unpaired) electrons. The molecular formula is C15H18FN5S. The van der Waals surface area contributed by atoms with Crippen LogP contribution < -0.4 is 5.32 Å². The van der Waals surface area contributed by atoms with Crippen molar-refractivity contribution in [1.29, 1.82) is 0 Å². The van der Waals surface area contributed by atoms with Crippen LogP contribution in [0.4, 0.5) is 9.52 Å². The number of anilines is 1. The fourth-order valence-corrected chi connectivity index (χ4v) is 3.08. The highest BCUT2D eigenvalue weighted by Crippen LogP contribution is 2.20. The SMILES string of the molecule is Cc1cn2nc(NCc3ccc(F)c(CN(C)C)c3)sc2n1. The molecule has 3 rings (SSSR count). The van der Waals surface area contributed by atoms with E-state index in [4.69, 9.17) is 0 Å². The van der Waals surface area contributed by atoms with Gasteiger partial charge >= 0.3 is 0 Å². The molecule has 0 spiro atoms. The Morgan fingerprint density at radius 2 is 2.18 bits per heavy atom. The molecular weight excluding hydrogens is 301 g/mol. The summed E-state index contributed by atoms with van der Waals surface area (Å²) >= 11 is 1.50. The van der Waals surface area contributed by atoms with Gasteiger partial charge < -0.3 is 10.2 Å². The summed E-state index contributed by atoms with van der Waals surface area (Å²) in [5, 5.41) is 8.49. The molecule has 3 aromatic rings. The Morgan fingerprint density at radius 1 is 1.36 bits per heavy atom. The molecule has 0 amide bonds. The minimum Gasteiger partial charge on any atom is -0.356 e. The van der Waals surface area contributed by atoms with Crippen LogP contribution in [0.25, 0.3) is 4.96 Å². The zero-order chi connectivity index (χ0) is 15.7. The second-order valence-corrected chi connectivity index (χ2v) is 6.49. The maximum atomic E-state index is 13.8. The molecule has 0 saturated heterocycles. The molecule has 1 N–H and O–H groups in total. The maximum Gasteiger partial charge on any atom is 0.214 e. The Bertz CT molecular complexity index is 761. The first-order valence-electron chi connectivity index (χ1n) is 7.00. The molecule has 116 valence electrons. The lowest BCUT2D eigenvalue weighted by Crippen LogP contribution is -2.12. The molecule has 0 atom stereocenters. The number of halogens is 1. The molecule has 2 heterocycles. The molecule has 7 heteroatoms. The molecule has 2 aromatic heterocycles. The normalized spacial score (nSPS) is 11.5. The van der Waals surface area contributed by atoms with Crippen molar-refractivity contribution in [1.82, 2.24) is 19.5 Å². The number of hydrogen-bond acceptors (Lipinski definition) is 5. The van der Waals surface area contributed by atoms with Crippen molar-refractivity contribution >= 4 is 21.4 Å². The van der Waals surface area contributed by atoms with Crippen LogP contribution in [0.2, 0.25) is 0 Å². The third-order valence-electron chi connectivity index (χ3n) is 3.20. The van der Waals surface area contributed by atoms with Crippen molar-refractivity contribution in [2.24, 2.45) is 0 Å². The number of aromatic nitrogens is 3. The average molecular weight is 319 g/mol. The quantitative estimate of drug-likeness (QED) is 0.785. The van der Waals surface area contributed by atoms with Gasteiger partial charge in [0, 0.05) is 18.7 Å². The Balaban J connectivity index is 1.71. The number of nitrogens with one attached hydrogen (secondary N) is 1. The number of fused-ring (bicyclic) bond motifs is 1. The summed E-state index contributed by atoms with van der Waals surface area (Å²) in [6, 6.07) is 5.21. The summed E-state index contributed by atoms with van der Waals surface area (Å²) in [4.78, 5) is 7.19. The van der Waals surface area contributed by atoms with Gasteiger partial charge in [0.15, 0.2) is 0 Å². The van der Waals surface area contributed by atoms with Crippen LogP contribution in [-0.2, 0) is 13.1 Å². The topological polar surface area (TPSA) is 45.5 Å². The van der Waals surface area contributed by atoms with Crippen molar-refractivity contribution in [3.8, 4) is 0 Å². The minimum absolute atomic E-state index is 0.166. The van der Waals surface area contributed by atoms with Gasteiger partial charge in [0.2, 0.25) is 10.1 Å². The van der Waals surface area contributed by atoms with E-state index in [9.17, 15) is 4.39 Å². The summed E-state index contributed by atoms with van der Waals surface area (Å²) in [5.74, 6) is -0.166. The minimum atomic E-state index is -0.166. The molecule has 0 bridgehead atoms. The Kier molecular flexibility index (Phi) is 4.08. The zero-order valence-corrected chi connectivity index (χ0v) is 13.6. The van der Waals surface area contributed by atoms with Gasteiger partial charge in [-0.05, 0) is 38.7 Å². The van der Waals surface area contributed by atoms with Crippen LogP contribution in [-0.4, -0.2) is 33.6 Å². The van der Waals surface area contributed by atoms with Crippen LogP contribution in [0.3, 0.4) is 0 Å². The molecule has 0 fully saturated rings. The van der Waals surface area contributed by atoms with E-state index in [2.05, 4.69) is 15.4 Å². The molecule has 0 saturated carbocycles. The largest absolute Gasteiger partial charge is 0.356 e. The Morgan fingerprint density at radius 3 is 2.91 bits per heavy atom. The zero-order valence-electron chi connectivity index (χ0n) is 12.8. The van der Waals surface area contributed by atoms with E-state index in [-0.39, 0.29) is 5.82 Å². The third-order valence-corrected chi connectivity index (χ3v) is 4.08. The highest BCUT2D eigenvalue weighted by atomic mass is 32.1. The number of imidazole rings is 1. The third kappa shape index (κ3) is 3.26. The van der Waals surface area contributed by atoms with Gasteiger partial charge in [-0.25, -0.2) is 13.9 Å². The number of benzene rings is 1. The summed E-state index contributed by atoms with van der Waals surface area (Å²) in [6.07, 6.45) is 1.89. The van der Waals surface area contributed by atoms with E-state index in [1.54, 1.807) is 10.6 Å². The van der Waals surface area contributed by atoms with E-state index in [1.165, 1.54) is 17.4 Å². The number of nitrogens with zero attached hydrogens (tertiary/aromatic N) is 4. The first-order valence-corrected chi connectivity index (χ1v) is 7.81. The molecule has 0 aliphatic carbocycles. The van der Waals surface area contributed by atoms with Crippen LogP contribution in [0.1, 0.15) is 16.8 Å². The Labute approximate surface area is 132 Å². The predicted molar refractivity (Wildman–Crippen MR) is 86.7 cm³/mol. The maximum absolute atomic E-state index is 13.8. The van der Waals surface area contributed by atoms with Gasteiger partial charge in [-0.1, -0.05) is 17.4 Å². The summed E-state index contributed by atoms with van der Waals surface area (Å²) in [6.45, 7) is 3.14. The monoisotopic (exact) mass is 319 g/mol. The van der Waals surface area contributed by atoms with Crippen LogP contribution >= 0.6 is 11.3 Å². The van der Waals surface area contributed by atoms with Gasteiger partial charge in [-0.2, -0.15) is 0 Å². The summed E-state index contributed by atoms with van der Waals surface area (Å²) in [5.41, 5.74) is 2.69. The Hall–Kier alpha value is -1.99. The van der Waals surface area contributed by atoms with Crippen LogP contribution in [0.15, 0.2) is 24.4 Å². The summed E-state index contributed by atoms with van der Waals surface area (Å²) in [7, 11) is 3.86. The van der Waals surface area contributed by atoms with E-state index < -0.39 is 0 Å². The van der Waals surface area contributed by atoms with Crippen LogP contribution in [0.5, 0.6) is 0 Å². The van der Waals surface area contributed by atoms with Gasteiger partial charge in [-0.3, -0.25) is 0 Å². The van der Waals surface area contributed by atoms with Crippen molar-refractivity contribution in [2.45, 2.75) is 20.0 Å². The number of rotatable bonds is 5. The molecule has 0 aliphatic heterocycles. The second kappa shape index (κ2) is 6.02. The van der Waals surface area contributed by atoms with Crippen molar-refractivity contribution < 1.29 is 4.39 Å². The fourth-order valence-electron chi connectivity index (χ4n) is 2.26. The fraction of sp³-hybridized carbons (Fsp3) is 0.333. The average Bonchev–Trinajstić information content (AvgIpc) is 2.96. The van der Waals surface area contributed by atoms with Crippen molar-refractivity contribution in [3.05, 3.63) is 47.0 Å². The molecule has 0 aliphatic rings. The van der Waals surface area contributed by atoms with Gasteiger partial charge in [0.05, 0.1) is 11.9 Å². The number of aryl methyl sites for hydroxylation is 1. The van der Waals surface area contributed by atoms with Gasteiger partial charge in [-0.15, -0.1) is 5.10 Å². The van der Waals surface area contributed by atoms with Gasteiger partial charge in [0.1, 0.15) is 5.82 Å². The first kappa shape index (κ1) is 14.9. The van der Waals surface area contributed by atoms with E-state index in [0.29, 0.717) is 18.7 Å². The highest BCUT2D eigenvalue weighted by molar-refractivity contribution is 7.20. The van der Waals surface area contributed by atoms with Crippen molar-refractivity contribution in [3.63, 3.8) is 0 Å². The van der Waals surface area contributed by atoms with Gasteiger partial charge in [0.25, 0.3) is 0 Å². The lowest BCUT2D eigenvalue weighted by atomic mass is 10.1. The second-order valence-electron chi connectivity index (χ2n) is 5.53. The predicted octanol–water partition coefficient (Wildman–Crippen LogP) is 2.91. The van der Waals surface area contributed by atoms with Crippen molar-refractivity contribution in [2.75, 3.05) is 19.4 Å². The smallest absolute Gasteiger partial charge is 0.214 e. The molecule has 1 aromatic carbocycles. The molecule has 5 nitrogen and oxygen atoms in total. The molecule has 0 unspecified atom stereocenters. The highest BCUT2D eigenvalue weighted by Gasteiger charge is 2.08. The van der Waals surface area contributed by atoms with E-state index in [0.717, 1.165) is 21.3 Å². The van der Waals surface area contributed by atoms with E-state index in [1.807, 2.05) is 38.2 Å². The lowest BCUT2D eigenvalue weighted by Gasteiger charge is -2.12. The standard InChI is InChI=1S/C15H18FN5S/c1-10-8-21-15(18-10)22-14(19-21)17-7-11-4-5-13(16)12(6-11)9-20(2)3/h4-6,8H,7,9H2,1-3H3,(H,17,19). The van der Waals surface area contributed by atoms with Crippen LogP contribution in [0, 0.1) is 12.7 Å².